The Balaban J connectivity index is 4.35. The fraction of sp³-hybridized carbons (Fsp3) is 0.864. The third-order valence-corrected chi connectivity index (χ3v) is 10.4. The number of carbonyl (C=O) groups is 2. The molecule has 10 heteroatoms. The molecule has 0 fully saturated rings. The number of nitrogens with zero attached hydrogens (tertiary/aromatic N) is 1. The second-order valence-electron chi connectivity index (χ2n) is 16.1. The van der Waals surface area contributed by atoms with Crippen LogP contribution in [-0.4, -0.2) is 70.0 Å². The van der Waals surface area contributed by atoms with Crippen LogP contribution >= 0.6 is 7.82 Å². The number of carbonyl (C=O) groups excluding carboxylic acids is 2. The summed E-state index contributed by atoms with van der Waals surface area (Å²) in [7, 11) is 1.16. The Morgan fingerprint density at radius 1 is 0.556 bits per heavy atom. The van der Waals surface area contributed by atoms with Gasteiger partial charge in [0.2, 0.25) is 0 Å². The van der Waals surface area contributed by atoms with Crippen LogP contribution in [0.1, 0.15) is 194 Å². The van der Waals surface area contributed by atoms with Gasteiger partial charge in [-0.1, -0.05) is 141 Å². The first-order valence-corrected chi connectivity index (χ1v) is 23.5. The highest BCUT2D eigenvalue weighted by atomic mass is 31.2. The highest BCUT2D eigenvalue weighted by Gasteiger charge is 2.21. The van der Waals surface area contributed by atoms with Crippen molar-refractivity contribution in [1.82, 2.24) is 0 Å². The average molecular weight is 786 g/mol. The number of phosphoric ester groups is 1. The quantitative estimate of drug-likeness (QED) is 0.0198. The number of likely N-dealkylation sites (N-methyl/N-ethyl adjacent to an activating group) is 1. The van der Waals surface area contributed by atoms with Crippen molar-refractivity contribution in [1.29, 1.82) is 0 Å². The predicted molar refractivity (Wildman–Crippen MR) is 222 cm³/mol. The molecule has 0 amide bonds. The number of unbranched alkanes of at least 4 members (excludes halogenated alkanes) is 22. The Morgan fingerprint density at radius 3 is 1.37 bits per heavy atom. The first-order valence-electron chi connectivity index (χ1n) is 22.0. The van der Waals surface area contributed by atoms with Gasteiger partial charge in [0.05, 0.1) is 27.7 Å². The summed E-state index contributed by atoms with van der Waals surface area (Å²) in [5.74, 6) is -0.838. The molecule has 0 spiro atoms. The van der Waals surface area contributed by atoms with Crippen LogP contribution in [0.25, 0.3) is 0 Å². The highest BCUT2D eigenvalue weighted by Crippen LogP contribution is 2.38. The SMILES string of the molecule is CCCCC/C=C\CCCCCCCCCCC(=O)OC[C@H](COP(=O)([O-])OCC[N+](C)(C)C)OC(=O)CCCCCCCCCC/C=C\CCCCC. The summed E-state index contributed by atoms with van der Waals surface area (Å²) >= 11 is 0. The number of hydrogen-bond acceptors (Lipinski definition) is 8. The fourth-order valence-corrected chi connectivity index (χ4v) is 6.67. The van der Waals surface area contributed by atoms with E-state index >= 15 is 0 Å². The van der Waals surface area contributed by atoms with E-state index in [1.807, 2.05) is 21.1 Å². The third kappa shape index (κ3) is 40.2. The summed E-state index contributed by atoms with van der Waals surface area (Å²) in [6.07, 6.45) is 39.1. The summed E-state index contributed by atoms with van der Waals surface area (Å²) in [4.78, 5) is 37.5. The van der Waals surface area contributed by atoms with Crippen molar-refractivity contribution in [3.05, 3.63) is 24.3 Å². The summed E-state index contributed by atoms with van der Waals surface area (Å²) in [6, 6.07) is 0. The highest BCUT2D eigenvalue weighted by molar-refractivity contribution is 7.45. The Hall–Kier alpha value is -1.51. The first kappa shape index (κ1) is 52.5. The van der Waals surface area contributed by atoms with Gasteiger partial charge in [-0.3, -0.25) is 14.2 Å². The number of phosphoric acid groups is 1. The molecule has 0 heterocycles. The minimum absolute atomic E-state index is 0.0306. The topological polar surface area (TPSA) is 111 Å². The number of rotatable bonds is 40. The smallest absolute Gasteiger partial charge is 0.306 e. The molecule has 9 nitrogen and oxygen atoms in total. The van der Waals surface area contributed by atoms with Gasteiger partial charge in [-0.15, -0.1) is 0 Å². The number of allylic oxidation sites excluding steroid dienone is 4. The Labute approximate surface area is 332 Å². The molecule has 0 bridgehead atoms. The van der Waals surface area contributed by atoms with E-state index in [4.69, 9.17) is 18.5 Å². The molecule has 0 aliphatic rings. The second kappa shape index (κ2) is 37.1. The number of hydrogen-bond donors (Lipinski definition) is 0. The minimum atomic E-state index is -4.62. The van der Waals surface area contributed by atoms with Crippen LogP contribution in [0.5, 0.6) is 0 Å². The van der Waals surface area contributed by atoms with Gasteiger partial charge in [-0.2, -0.15) is 0 Å². The Bertz CT molecular complexity index is 980. The lowest BCUT2D eigenvalue weighted by molar-refractivity contribution is -0.870. The van der Waals surface area contributed by atoms with E-state index < -0.39 is 26.5 Å². The predicted octanol–water partition coefficient (Wildman–Crippen LogP) is 11.7. The standard InChI is InChI=1S/C44H84NO8P/c1-6-8-10-12-14-16-18-20-22-24-26-28-30-32-34-36-43(46)50-40-42(41-52-54(48,49)51-39-38-45(3,4)5)53-44(47)37-35-33-31-29-27-25-23-21-19-17-15-13-11-9-7-2/h14-17,42H,6-13,18-41H2,1-5H3/b16-14-,17-15-/t42-/m1/s1. The van der Waals surface area contributed by atoms with Crippen molar-refractivity contribution in [2.75, 3.05) is 47.5 Å². The van der Waals surface area contributed by atoms with Crippen molar-refractivity contribution in [2.45, 2.75) is 200 Å². The van der Waals surface area contributed by atoms with E-state index in [0.717, 1.165) is 38.5 Å². The zero-order chi connectivity index (χ0) is 40.0. The van der Waals surface area contributed by atoms with Gasteiger partial charge in [0.15, 0.2) is 6.10 Å². The molecule has 0 aromatic heterocycles. The lowest BCUT2D eigenvalue weighted by Crippen LogP contribution is -2.37. The Morgan fingerprint density at radius 2 is 0.944 bits per heavy atom. The molecule has 2 atom stereocenters. The van der Waals surface area contributed by atoms with Crippen LogP contribution in [-0.2, 0) is 32.7 Å². The monoisotopic (exact) mass is 786 g/mol. The van der Waals surface area contributed by atoms with Crippen LogP contribution in [0, 0.1) is 0 Å². The van der Waals surface area contributed by atoms with Gasteiger partial charge in [-0.05, 0) is 64.2 Å². The molecule has 0 aromatic carbocycles. The molecule has 54 heavy (non-hydrogen) atoms. The maximum absolute atomic E-state index is 12.7. The average Bonchev–Trinajstić information content (AvgIpc) is 3.12. The van der Waals surface area contributed by atoms with Crippen molar-refractivity contribution < 1.29 is 42.1 Å². The molecule has 0 rings (SSSR count). The van der Waals surface area contributed by atoms with Gasteiger partial charge in [0.25, 0.3) is 7.82 Å². The molecule has 0 aliphatic heterocycles. The molecule has 0 radical (unpaired) electrons. The van der Waals surface area contributed by atoms with Crippen molar-refractivity contribution >= 4 is 19.8 Å². The summed E-state index contributed by atoms with van der Waals surface area (Å²) in [5.41, 5.74) is 0. The zero-order valence-corrected chi connectivity index (χ0v) is 36.6. The summed E-state index contributed by atoms with van der Waals surface area (Å²) in [6.45, 7) is 4.19. The lowest BCUT2D eigenvalue weighted by Gasteiger charge is -2.28. The molecule has 0 saturated carbocycles. The Kier molecular flexibility index (Phi) is 36.1. The normalized spacial score (nSPS) is 13.8. The van der Waals surface area contributed by atoms with Crippen molar-refractivity contribution in [3.63, 3.8) is 0 Å². The number of quaternary nitrogens is 1. The molecule has 0 aliphatic carbocycles. The fourth-order valence-electron chi connectivity index (χ4n) is 5.94. The molecular formula is C44H84NO8P. The van der Waals surface area contributed by atoms with Crippen LogP contribution in [0.4, 0.5) is 0 Å². The maximum atomic E-state index is 12.7. The number of ether oxygens (including phenoxy) is 2. The molecule has 0 saturated heterocycles. The molecule has 1 unspecified atom stereocenters. The molecule has 0 aromatic rings. The maximum Gasteiger partial charge on any atom is 0.306 e. The van der Waals surface area contributed by atoms with E-state index in [1.165, 1.54) is 122 Å². The van der Waals surface area contributed by atoms with Gasteiger partial charge in [0, 0.05) is 12.8 Å². The van der Waals surface area contributed by atoms with Gasteiger partial charge >= 0.3 is 11.9 Å². The van der Waals surface area contributed by atoms with E-state index in [9.17, 15) is 19.0 Å². The summed E-state index contributed by atoms with van der Waals surface area (Å²) < 4.78 is 33.9. The zero-order valence-electron chi connectivity index (χ0n) is 35.7. The van der Waals surface area contributed by atoms with E-state index in [0.29, 0.717) is 17.4 Å². The molecular weight excluding hydrogens is 701 g/mol. The van der Waals surface area contributed by atoms with Crippen LogP contribution in [0.15, 0.2) is 24.3 Å². The second-order valence-corrected chi connectivity index (χ2v) is 17.5. The summed E-state index contributed by atoms with van der Waals surface area (Å²) in [5, 5.41) is 0. The first-order chi connectivity index (χ1) is 26.0. The van der Waals surface area contributed by atoms with E-state index in [-0.39, 0.29) is 32.0 Å². The lowest BCUT2D eigenvalue weighted by atomic mass is 10.1. The van der Waals surface area contributed by atoms with Gasteiger partial charge in [0.1, 0.15) is 19.8 Å². The van der Waals surface area contributed by atoms with E-state index in [2.05, 4.69) is 38.2 Å². The van der Waals surface area contributed by atoms with Crippen LogP contribution in [0.3, 0.4) is 0 Å². The van der Waals surface area contributed by atoms with E-state index in [1.54, 1.807) is 0 Å². The van der Waals surface area contributed by atoms with Gasteiger partial charge < -0.3 is 27.9 Å². The van der Waals surface area contributed by atoms with Gasteiger partial charge in [-0.25, -0.2) is 0 Å². The third-order valence-electron chi connectivity index (χ3n) is 9.44. The minimum Gasteiger partial charge on any atom is -0.756 e. The van der Waals surface area contributed by atoms with Crippen molar-refractivity contribution in [2.24, 2.45) is 0 Å². The van der Waals surface area contributed by atoms with Crippen molar-refractivity contribution in [3.8, 4) is 0 Å². The number of esters is 2. The molecule has 318 valence electrons. The van der Waals surface area contributed by atoms with Crippen LogP contribution in [0.2, 0.25) is 0 Å². The molecule has 0 N–H and O–H groups in total. The van der Waals surface area contributed by atoms with Crippen LogP contribution < -0.4 is 4.89 Å². The largest absolute Gasteiger partial charge is 0.756 e.